The number of nitrogens with zero attached hydrogens (tertiary/aromatic N) is 1. The van der Waals surface area contributed by atoms with Crippen molar-refractivity contribution in [3.05, 3.63) is 0 Å². The third-order valence-electron chi connectivity index (χ3n) is 2.05. The molecule has 0 saturated carbocycles. The fourth-order valence-electron chi connectivity index (χ4n) is 1.24. The first kappa shape index (κ1) is 11.4. The summed E-state index contributed by atoms with van der Waals surface area (Å²) >= 11 is 0. The Labute approximate surface area is 74.6 Å². The van der Waals surface area contributed by atoms with Crippen LogP contribution in [0, 0.1) is 0 Å². The maximum atomic E-state index is 10.8. The molecule has 12 heavy (non-hydrogen) atoms. The standard InChI is InChI=1S/C9H19NO2/c1-5-6-7-8(9(11)12)10(2,3)4/h8H,5-7H2,1-4H3/p+1. The van der Waals surface area contributed by atoms with Gasteiger partial charge in [0.25, 0.3) is 0 Å². The van der Waals surface area contributed by atoms with Gasteiger partial charge in [-0.15, -0.1) is 0 Å². The summed E-state index contributed by atoms with van der Waals surface area (Å²) in [5.74, 6) is -0.684. The van der Waals surface area contributed by atoms with E-state index in [0.29, 0.717) is 4.48 Å². The van der Waals surface area contributed by atoms with Crippen LogP contribution < -0.4 is 0 Å². The molecule has 0 aliphatic rings. The van der Waals surface area contributed by atoms with Crippen molar-refractivity contribution in [2.45, 2.75) is 32.2 Å². The van der Waals surface area contributed by atoms with E-state index in [4.69, 9.17) is 5.11 Å². The molecule has 0 fully saturated rings. The molecule has 0 amide bonds. The lowest BCUT2D eigenvalue weighted by Gasteiger charge is -2.30. The van der Waals surface area contributed by atoms with E-state index in [9.17, 15) is 4.79 Å². The zero-order chi connectivity index (χ0) is 9.78. The summed E-state index contributed by atoms with van der Waals surface area (Å²) in [5.41, 5.74) is 0. The summed E-state index contributed by atoms with van der Waals surface area (Å²) in [7, 11) is 5.78. The number of aliphatic carboxylic acids is 1. The highest BCUT2D eigenvalue weighted by molar-refractivity contribution is 5.72. The predicted octanol–water partition coefficient (Wildman–Crippen LogP) is 1.34. The third-order valence-corrected chi connectivity index (χ3v) is 2.05. The van der Waals surface area contributed by atoms with Crippen LogP contribution in [0.2, 0.25) is 0 Å². The molecule has 0 saturated heterocycles. The molecule has 0 heterocycles. The van der Waals surface area contributed by atoms with Crippen LogP contribution in [-0.2, 0) is 4.79 Å². The number of carboxylic acids is 1. The molecule has 0 aliphatic heterocycles. The van der Waals surface area contributed by atoms with E-state index in [0.717, 1.165) is 19.3 Å². The van der Waals surface area contributed by atoms with Crippen molar-refractivity contribution in [2.24, 2.45) is 0 Å². The minimum Gasteiger partial charge on any atom is -0.477 e. The number of hydrogen-bond acceptors (Lipinski definition) is 1. The van der Waals surface area contributed by atoms with Crippen LogP contribution in [0.25, 0.3) is 0 Å². The summed E-state index contributed by atoms with van der Waals surface area (Å²) in [6, 6.07) is -0.259. The van der Waals surface area contributed by atoms with Crippen molar-refractivity contribution in [1.82, 2.24) is 0 Å². The molecule has 1 unspecified atom stereocenters. The van der Waals surface area contributed by atoms with Gasteiger partial charge < -0.3 is 9.59 Å². The first-order chi connectivity index (χ1) is 5.39. The predicted molar refractivity (Wildman–Crippen MR) is 49.0 cm³/mol. The lowest BCUT2D eigenvalue weighted by Crippen LogP contribution is -2.49. The average molecular weight is 174 g/mol. The molecule has 1 N–H and O–H groups in total. The number of rotatable bonds is 5. The van der Waals surface area contributed by atoms with E-state index >= 15 is 0 Å². The molecule has 3 nitrogen and oxygen atoms in total. The van der Waals surface area contributed by atoms with Gasteiger partial charge in [0.15, 0.2) is 6.04 Å². The number of carboxylic acid groups (broad SMARTS) is 1. The molecule has 72 valence electrons. The van der Waals surface area contributed by atoms with E-state index in [1.165, 1.54) is 0 Å². The minimum atomic E-state index is -0.684. The largest absolute Gasteiger partial charge is 0.477 e. The van der Waals surface area contributed by atoms with Crippen LogP contribution in [0.1, 0.15) is 26.2 Å². The summed E-state index contributed by atoms with van der Waals surface area (Å²) in [6.07, 6.45) is 2.82. The van der Waals surface area contributed by atoms with Gasteiger partial charge in [-0.3, -0.25) is 0 Å². The van der Waals surface area contributed by atoms with Gasteiger partial charge in [0.05, 0.1) is 21.1 Å². The lowest BCUT2D eigenvalue weighted by molar-refractivity contribution is -0.887. The molecule has 0 aromatic carbocycles. The smallest absolute Gasteiger partial charge is 0.362 e. The van der Waals surface area contributed by atoms with Gasteiger partial charge in [0, 0.05) is 6.42 Å². The Morgan fingerprint density at radius 2 is 1.92 bits per heavy atom. The fourth-order valence-corrected chi connectivity index (χ4v) is 1.24. The van der Waals surface area contributed by atoms with Crippen molar-refractivity contribution < 1.29 is 14.4 Å². The highest BCUT2D eigenvalue weighted by Gasteiger charge is 2.30. The molecule has 0 aromatic rings. The summed E-state index contributed by atoms with van der Waals surface area (Å²) < 4.78 is 0.509. The molecule has 3 heteroatoms. The van der Waals surface area contributed by atoms with E-state index in [1.54, 1.807) is 0 Å². The van der Waals surface area contributed by atoms with Crippen LogP contribution in [0.3, 0.4) is 0 Å². The Hall–Kier alpha value is -0.570. The highest BCUT2D eigenvalue weighted by Crippen LogP contribution is 2.11. The van der Waals surface area contributed by atoms with E-state index in [-0.39, 0.29) is 6.04 Å². The number of quaternary nitrogens is 1. The van der Waals surface area contributed by atoms with Crippen LogP contribution in [0.15, 0.2) is 0 Å². The highest BCUT2D eigenvalue weighted by atomic mass is 16.4. The molecular formula is C9H20NO2+. The van der Waals surface area contributed by atoms with Crippen molar-refractivity contribution in [1.29, 1.82) is 0 Å². The van der Waals surface area contributed by atoms with Crippen LogP contribution in [-0.4, -0.2) is 42.7 Å². The lowest BCUT2D eigenvalue weighted by atomic mass is 10.1. The number of hydrogen-bond donors (Lipinski definition) is 1. The van der Waals surface area contributed by atoms with E-state index in [1.807, 2.05) is 21.1 Å². The first-order valence-corrected chi connectivity index (χ1v) is 4.43. The number of likely N-dealkylation sites (N-methyl/N-ethyl adjacent to an activating group) is 1. The van der Waals surface area contributed by atoms with Gasteiger partial charge in [-0.05, 0) is 6.42 Å². The maximum Gasteiger partial charge on any atom is 0.362 e. The van der Waals surface area contributed by atoms with Crippen LogP contribution in [0.5, 0.6) is 0 Å². The van der Waals surface area contributed by atoms with Gasteiger partial charge in [-0.1, -0.05) is 13.3 Å². The Morgan fingerprint density at radius 3 is 2.17 bits per heavy atom. The zero-order valence-corrected chi connectivity index (χ0v) is 8.50. The van der Waals surface area contributed by atoms with E-state index < -0.39 is 5.97 Å². The number of unbranched alkanes of at least 4 members (excludes halogenated alkanes) is 1. The molecule has 0 aromatic heterocycles. The Kier molecular flexibility index (Phi) is 4.24. The molecular weight excluding hydrogens is 154 g/mol. The van der Waals surface area contributed by atoms with Gasteiger partial charge in [-0.25, -0.2) is 4.79 Å². The molecule has 0 aliphatic carbocycles. The summed E-state index contributed by atoms with van der Waals surface area (Å²) in [6.45, 7) is 2.08. The minimum absolute atomic E-state index is 0.259. The average Bonchev–Trinajstić information content (AvgIpc) is 1.84. The second-order valence-corrected chi connectivity index (χ2v) is 4.11. The maximum absolute atomic E-state index is 10.8. The van der Waals surface area contributed by atoms with Crippen molar-refractivity contribution >= 4 is 5.97 Å². The van der Waals surface area contributed by atoms with E-state index in [2.05, 4.69) is 6.92 Å². The van der Waals surface area contributed by atoms with Gasteiger partial charge in [0.1, 0.15) is 0 Å². The van der Waals surface area contributed by atoms with Crippen molar-refractivity contribution in [2.75, 3.05) is 21.1 Å². The Bertz CT molecular complexity index is 149. The summed E-state index contributed by atoms with van der Waals surface area (Å²) in [5, 5.41) is 8.92. The Morgan fingerprint density at radius 1 is 1.42 bits per heavy atom. The monoisotopic (exact) mass is 174 g/mol. The normalized spacial score (nSPS) is 14.3. The fraction of sp³-hybridized carbons (Fsp3) is 0.889. The van der Waals surface area contributed by atoms with Gasteiger partial charge in [-0.2, -0.15) is 0 Å². The second-order valence-electron chi connectivity index (χ2n) is 4.11. The van der Waals surface area contributed by atoms with Gasteiger partial charge >= 0.3 is 5.97 Å². The first-order valence-electron chi connectivity index (χ1n) is 4.43. The molecule has 0 rings (SSSR count). The Balaban J connectivity index is 4.15. The van der Waals surface area contributed by atoms with Crippen LogP contribution >= 0.6 is 0 Å². The van der Waals surface area contributed by atoms with Gasteiger partial charge in [0.2, 0.25) is 0 Å². The van der Waals surface area contributed by atoms with Crippen molar-refractivity contribution in [3.63, 3.8) is 0 Å². The van der Waals surface area contributed by atoms with Crippen molar-refractivity contribution in [3.8, 4) is 0 Å². The topological polar surface area (TPSA) is 37.3 Å². The SMILES string of the molecule is CCCCC(C(=O)O)[N+](C)(C)C. The van der Waals surface area contributed by atoms with Crippen LogP contribution in [0.4, 0.5) is 0 Å². The number of carbonyl (C=O) groups is 1. The zero-order valence-electron chi connectivity index (χ0n) is 8.50. The third kappa shape index (κ3) is 3.72. The summed E-state index contributed by atoms with van der Waals surface area (Å²) in [4.78, 5) is 10.8. The second kappa shape index (κ2) is 4.45. The molecule has 0 bridgehead atoms. The molecule has 0 spiro atoms. The quantitative estimate of drug-likeness (QED) is 0.638. The molecule has 0 radical (unpaired) electrons. The molecule has 1 atom stereocenters.